The number of fused-ring (bicyclic) bond motifs is 1. The SMILES string of the molecule is c1nc2c([nH]1)CNC(CN1CCCC1)C2. The number of hydrogen-bond acceptors (Lipinski definition) is 3. The van der Waals surface area contributed by atoms with Crippen molar-refractivity contribution in [3.05, 3.63) is 17.7 Å². The van der Waals surface area contributed by atoms with Gasteiger partial charge in [0.05, 0.1) is 17.7 Å². The summed E-state index contributed by atoms with van der Waals surface area (Å²) in [6.45, 7) is 4.71. The zero-order chi connectivity index (χ0) is 10.1. The van der Waals surface area contributed by atoms with Crippen LogP contribution in [0.15, 0.2) is 6.33 Å². The highest BCUT2D eigenvalue weighted by Crippen LogP contribution is 2.15. The van der Waals surface area contributed by atoms with Crippen molar-refractivity contribution in [2.75, 3.05) is 19.6 Å². The lowest BCUT2D eigenvalue weighted by Gasteiger charge is -2.27. The maximum absolute atomic E-state index is 4.37. The predicted octanol–water partition coefficient (Wildman–Crippen LogP) is 0.520. The molecule has 1 fully saturated rings. The predicted molar refractivity (Wildman–Crippen MR) is 58.6 cm³/mol. The largest absolute Gasteiger partial charge is 0.347 e. The van der Waals surface area contributed by atoms with E-state index in [4.69, 9.17) is 0 Å². The Labute approximate surface area is 90.1 Å². The van der Waals surface area contributed by atoms with Gasteiger partial charge in [-0.3, -0.25) is 0 Å². The number of aromatic nitrogens is 2. The molecule has 3 heterocycles. The maximum Gasteiger partial charge on any atom is 0.0925 e. The van der Waals surface area contributed by atoms with Crippen molar-refractivity contribution in [3.63, 3.8) is 0 Å². The van der Waals surface area contributed by atoms with E-state index in [2.05, 4.69) is 20.2 Å². The van der Waals surface area contributed by atoms with Crippen LogP contribution in [0.2, 0.25) is 0 Å². The first-order valence-corrected chi connectivity index (χ1v) is 5.88. The van der Waals surface area contributed by atoms with Gasteiger partial charge in [-0.1, -0.05) is 0 Å². The van der Waals surface area contributed by atoms with Gasteiger partial charge in [0.2, 0.25) is 0 Å². The van der Waals surface area contributed by atoms with E-state index in [1.807, 2.05) is 6.33 Å². The quantitative estimate of drug-likeness (QED) is 0.741. The van der Waals surface area contributed by atoms with E-state index in [9.17, 15) is 0 Å². The van der Waals surface area contributed by atoms with E-state index in [0.29, 0.717) is 6.04 Å². The van der Waals surface area contributed by atoms with Crippen molar-refractivity contribution in [2.45, 2.75) is 31.8 Å². The van der Waals surface area contributed by atoms with Gasteiger partial charge in [0, 0.05) is 25.6 Å². The van der Waals surface area contributed by atoms with Crippen LogP contribution in [0.3, 0.4) is 0 Å². The van der Waals surface area contributed by atoms with Gasteiger partial charge in [0.1, 0.15) is 0 Å². The summed E-state index contributed by atoms with van der Waals surface area (Å²) >= 11 is 0. The molecule has 0 amide bonds. The van der Waals surface area contributed by atoms with Crippen molar-refractivity contribution in [1.82, 2.24) is 20.2 Å². The van der Waals surface area contributed by atoms with Crippen molar-refractivity contribution in [3.8, 4) is 0 Å². The van der Waals surface area contributed by atoms with Crippen molar-refractivity contribution < 1.29 is 0 Å². The minimum Gasteiger partial charge on any atom is -0.347 e. The van der Waals surface area contributed by atoms with Crippen molar-refractivity contribution in [1.29, 1.82) is 0 Å². The summed E-state index contributed by atoms with van der Waals surface area (Å²) in [6, 6.07) is 0.596. The molecule has 2 aliphatic heterocycles. The van der Waals surface area contributed by atoms with Gasteiger partial charge in [-0.05, 0) is 25.9 Å². The van der Waals surface area contributed by atoms with Crippen molar-refractivity contribution >= 4 is 0 Å². The van der Waals surface area contributed by atoms with E-state index in [-0.39, 0.29) is 0 Å². The van der Waals surface area contributed by atoms with Crippen LogP contribution in [0.1, 0.15) is 24.2 Å². The molecule has 0 aliphatic carbocycles. The molecule has 1 aromatic rings. The van der Waals surface area contributed by atoms with E-state index in [1.54, 1.807) is 0 Å². The van der Waals surface area contributed by atoms with Gasteiger partial charge in [-0.25, -0.2) is 4.98 Å². The Bertz CT molecular complexity index is 327. The number of nitrogens with zero attached hydrogens (tertiary/aromatic N) is 2. The van der Waals surface area contributed by atoms with Crippen LogP contribution in [-0.2, 0) is 13.0 Å². The third-order valence-corrected chi connectivity index (χ3v) is 3.49. The molecule has 3 rings (SSSR count). The minimum absolute atomic E-state index is 0.596. The fourth-order valence-electron chi connectivity index (χ4n) is 2.64. The molecule has 15 heavy (non-hydrogen) atoms. The van der Waals surface area contributed by atoms with E-state index >= 15 is 0 Å². The average molecular weight is 206 g/mol. The highest BCUT2D eigenvalue weighted by molar-refractivity contribution is 5.16. The molecule has 1 aromatic heterocycles. The molecule has 4 heteroatoms. The van der Waals surface area contributed by atoms with Gasteiger partial charge in [-0.2, -0.15) is 0 Å². The Balaban J connectivity index is 1.61. The molecule has 2 aliphatic rings. The van der Waals surface area contributed by atoms with E-state index in [1.165, 1.54) is 43.9 Å². The zero-order valence-corrected chi connectivity index (χ0v) is 9.00. The number of H-pyrrole nitrogens is 1. The molecule has 0 saturated carbocycles. The number of likely N-dealkylation sites (tertiary alicyclic amines) is 1. The van der Waals surface area contributed by atoms with Crippen molar-refractivity contribution in [2.24, 2.45) is 0 Å². The number of rotatable bonds is 2. The molecule has 0 radical (unpaired) electrons. The minimum atomic E-state index is 0.596. The third kappa shape index (κ3) is 1.92. The first-order valence-electron chi connectivity index (χ1n) is 5.88. The third-order valence-electron chi connectivity index (χ3n) is 3.49. The Morgan fingerprint density at radius 2 is 2.27 bits per heavy atom. The molecule has 1 atom stereocenters. The van der Waals surface area contributed by atoms with Crippen LogP contribution in [-0.4, -0.2) is 40.5 Å². The Morgan fingerprint density at radius 3 is 3.13 bits per heavy atom. The van der Waals surface area contributed by atoms with Gasteiger partial charge >= 0.3 is 0 Å². The smallest absolute Gasteiger partial charge is 0.0925 e. The summed E-state index contributed by atoms with van der Waals surface area (Å²) in [4.78, 5) is 10.1. The highest BCUT2D eigenvalue weighted by atomic mass is 15.2. The second-order valence-electron chi connectivity index (χ2n) is 4.62. The Hall–Kier alpha value is -0.870. The number of hydrogen-bond donors (Lipinski definition) is 2. The molecule has 4 nitrogen and oxygen atoms in total. The summed E-state index contributed by atoms with van der Waals surface area (Å²) < 4.78 is 0. The molecule has 2 N–H and O–H groups in total. The molecule has 1 unspecified atom stereocenters. The van der Waals surface area contributed by atoms with Crippen LogP contribution in [0.5, 0.6) is 0 Å². The Kier molecular flexibility index (Phi) is 2.46. The van der Waals surface area contributed by atoms with Gasteiger partial charge in [0.15, 0.2) is 0 Å². The molecular formula is C11H18N4. The van der Waals surface area contributed by atoms with Gasteiger partial charge in [-0.15, -0.1) is 0 Å². The number of aromatic amines is 1. The van der Waals surface area contributed by atoms with E-state index in [0.717, 1.165) is 13.0 Å². The fraction of sp³-hybridized carbons (Fsp3) is 0.727. The molecule has 0 bridgehead atoms. The molecule has 0 aromatic carbocycles. The lowest BCUT2D eigenvalue weighted by atomic mass is 10.1. The first-order chi connectivity index (χ1) is 7.42. The zero-order valence-electron chi connectivity index (χ0n) is 9.00. The molecular weight excluding hydrogens is 188 g/mol. The summed E-state index contributed by atoms with van der Waals surface area (Å²) in [5.41, 5.74) is 2.53. The van der Waals surface area contributed by atoms with Crippen LogP contribution in [0.25, 0.3) is 0 Å². The summed E-state index contributed by atoms with van der Waals surface area (Å²) in [5, 5.41) is 3.58. The molecule has 0 spiro atoms. The maximum atomic E-state index is 4.37. The second kappa shape index (κ2) is 3.94. The van der Waals surface area contributed by atoms with Crippen LogP contribution < -0.4 is 5.32 Å². The lowest BCUT2D eigenvalue weighted by molar-refractivity contribution is 0.281. The number of imidazole rings is 1. The normalized spacial score (nSPS) is 26.8. The summed E-state index contributed by atoms with van der Waals surface area (Å²) in [7, 11) is 0. The lowest BCUT2D eigenvalue weighted by Crippen LogP contribution is -2.43. The monoisotopic (exact) mass is 206 g/mol. The van der Waals surface area contributed by atoms with E-state index < -0.39 is 0 Å². The molecule has 82 valence electrons. The second-order valence-corrected chi connectivity index (χ2v) is 4.62. The van der Waals surface area contributed by atoms with Crippen LogP contribution in [0, 0.1) is 0 Å². The highest BCUT2D eigenvalue weighted by Gasteiger charge is 2.23. The summed E-state index contributed by atoms with van der Waals surface area (Å²) in [6.07, 6.45) is 5.64. The standard InChI is InChI=1S/C11H18N4/c1-2-4-15(3-1)7-9-5-10-11(6-12-9)14-8-13-10/h8-9,12H,1-7H2,(H,13,14). The van der Waals surface area contributed by atoms with Crippen LogP contribution >= 0.6 is 0 Å². The average Bonchev–Trinajstić information content (AvgIpc) is 2.87. The van der Waals surface area contributed by atoms with Crippen LogP contribution in [0.4, 0.5) is 0 Å². The number of nitrogens with one attached hydrogen (secondary N) is 2. The Morgan fingerprint density at radius 1 is 1.40 bits per heavy atom. The first kappa shape index (κ1) is 9.36. The topological polar surface area (TPSA) is 44.0 Å². The fourth-order valence-corrected chi connectivity index (χ4v) is 2.64. The van der Waals surface area contributed by atoms with Gasteiger partial charge in [0.25, 0.3) is 0 Å². The van der Waals surface area contributed by atoms with Gasteiger partial charge < -0.3 is 15.2 Å². The summed E-state index contributed by atoms with van der Waals surface area (Å²) in [5.74, 6) is 0. The molecule has 1 saturated heterocycles.